The summed E-state index contributed by atoms with van der Waals surface area (Å²) in [6.07, 6.45) is 9.26. The molecule has 10 nitrogen and oxygen atoms in total. The van der Waals surface area contributed by atoms with Crippen molar-refractivity contribution in [1.29, 1.82) is 0 Å². The van der Waals surface area contributed by atoms with Gasteiger partial charge in [0, 0.05) is 18.8 Å². The first-order chi connectivity index (χ1) is 19.3. The van der Waals surface area contributed by atoms with Gasteiger partial charge in [0.05, 0.1) is 42.5 Å². The number of cyclic esters (lactones) is 1. The molecular weight excluding hydrogens is 532 g/mol. The molecule has 0 aromatic carbocycles. The number of ether oxygens (including phenoxy) is 1. The van der Waals surface area contributed by atoms with E-state index in [1.165, 1.54) is 19.1 Å². The number of allylic oxidation sites excluding steroid dienone is 8. The molecular formula is C31H48O10. The fourth-order valence-electron chi connectivity index (χ4n) is 4.32. The van der Waals surface area contributed by atoms with Crippen LogP contribution in [0, 0.1) is 17.8 Å². The molecule has 0 amide bonds. The lowest BCUT2D eigenvalue weighted by Gasteiger charge is -2.25. The van der Waals surface area contributed by atoms with Gasteiger partial charge < -0.3 is 40.5 Å². The van der Waals surface area contributed by atoms with Crippen molar-refractivity contribution in [3.8, 4) is 0 Å². The summed E-state index contributed by atoms with van der Waals surface area (Å²) >= 11 is 0. The molecule has 0 aromatic rings. The number of aliphatic hydroxyl groups is 6. The lowest BCUT2D eigenvalue weighted by molar-refractivity contribution is -0.158. The van der Waals surface area contributed by atoms with Gasteiger partial charge in [0.2, 0.25) is 0 Å². The molecule has 0 fully saturated rings. The summed E-state index contributed by atoms with van der Waals surface area (Å²) in [4.78, 5) is 24.2. The highest BCUT2D eigenvalue weighted by molar-refractivity contribution is 5.73. The molecule has 0 spiro atoms. The van der Waals surface area contributed by atoms with Crippen molar-refractivity contribution in [3.63, 3.8) is 0 Å². The van der Waals surface area contributed by atoms with E-state index in [1.807, 2.05) is 19.1 Å². The number of aliphatic hydroxyl groups excluding tert-OH is 6. The molecule has 41 heavy (non-hydrogen) atoms. The van der Waals surface area contributed by atoms with Gasteiger partial charge in [-0.25, -0.2) is 0 Å². The van der Waals surface area contributed by atoms with Gasteiger partial charge in [-0.15, -0.1) is 0 Å². The van der Waals surface area contributed by atoms with Crippen LogP contribution >= 0.6 is 0 Å². The first-order valence-corrected chi connectivity index (χ1v) is 14.2. The van der Waals surface area contributed by atoms with E-state index in [1.54, 1.807) is 43.4 Å². The second kappa shape index (κ2) is 19.5. The summed E-state index contributed by atoms with van der Waals surface area (Å²) < 4.78 is 5.50. The molecule has 0 bridgehead atoms. The Morgan fingerprint density at radius 2 is 1.20 bits per heavy atom. The van der Waals surface area contributed by atoms with Gasteiger partial charge in [0.1, 0.15) is 12.0 Å². The minimum Gasteiger partial charge on any atom is -0.481 e. The lowest BCUT2D eigenvalue weighted by Crippen LogP contribution is -2.39. The van der Waals surface area contributed by atoms with Gasteiger partial charge >= 0.3 is 11.9 Å². The summed E-state index contributed by atoms with van der Waals surface area (Å²) in [5.41, 5.74) is 0. The van der Waals surface area contributed by atoms with Crippen molar-refractivity contribution >= 4 is 11.9 Å². The fourth-order valence-corrected chi connectivity index (χ4v) is 4.32. The Hall–Kier alpha value is -2.60. The number of carboxylic acids is 1. The molecule has 0 saturated heterocycles. The van der Waals surface area contributed by atoms with Crippen LogP contribution in [-0.4, -0.2) is 90.4 Å². The van der Waals surface area contributed by atoms with Gasteiger partial charge in [-0.05, 0) is 39.5 Å². The first-order valence-electron chi connectivity index (χ1n) is 14.2. The molecule has 0 aliphatic carbocycles. The quantitative estimate of drug-likeness (QED) is 0.227. The van der Waals surface area contributed by atoms with E-state index in [2.05, 4.69) is 0 Å². The van der Waals surface area contributed by atoms with Crippen LogP contribution < -0.4 is 0 Å². The molecule has 10 heteroatoms. The highest BCUT2D eigenvalue weighted by Gasteiger charge is 2.33. The minimum absolute atomic E-state index is 0.0491. The number of carboxylic acid groups (broad SMARTS) is 1. The van der Waals surface area contributed by atoms with E-state index in [-0.39, 0.29) is 38.0 Å². The van der Waals surface area contributed by atoms with Gasteiger partial charge in [0.25, 0.3) is 0 Å². The molecule has 0 saturated carbocycles. The Balaban J connectivity index is 2.99. The third-order valence-corrected chi connectivity index (χ3v) is 7.21. The molecule has 1 aliphatic heterocycles. The third-order valence-electron chi connectivity index (χ3n) is 7.21. The van der Waals surface area contributed by atoms with E-state index in [9.17, 15) is 45.3 Å². The SMILES string of the molecule is C[C@H]1/C=C/C=C/C=C/C=C/C=C/[C@@H](O)[C@H](C(=O)O)[C@H](O)C[C@H](O)CCC[C@H](O)C[C@H](O)C[C@H](O)[C@@H](C)C(=O)O[C@@H]1C. The number of carbonyl (C=O) groups excluding carboxylic acids is 1. The van der Waals surface area contributed by atoms with E-state index < -0.39 is 66.5 Å². The van der Waals surface area contributed by atoms with Crippen LogP contribution in [0.1, 0.15) is 59.3 Å². The summed E-state index contributed by atoms with van der Waals surface area (Å²) in [5, 5.41) is 71.6. The van der Waals surface area contributed by atoms with Crippen LogP contribution in [0.3, 0.4) is 0 Å². The molecule has 1 heterocycles. The summed E-state index contributed by atoms with van der Waals surface area (Å²) in [7, 11) is 0. The minimum atomic E-state index is -1.54. The number of hydrogen-bond acceptors (Lipinski definition) is 9. The molecule has 0 aromatic heterocycles. The summed E-state index contributed by atoms with van der Waals surface area (Å²) in [6.45, 7) is 5.16. The van der Waals surface area contributed by atoms with Crippen LogP contribution in [0.15, 0.2) is 60.8 Å². The summed E-state index contributed by atoms with van der Waals surface area (Å²) in [6, 6.07) is 0. The molecule has 7 N–H and O–H groups in total. The maximum absolute atomic E-state index is 12.5. The topological polar surface area (TPSA) is 185 Å². The number of esters is 1. The smallest absolute Gasteiger partial charge is 0.312 e. The summed E-state index contributed by atoms with van der Waals surface area (Å²) in [5.74, 6) is -4.51. The van der Waals surface area contributed by atoms with Crippen molar-refractivity contribution in [2.45, 2.75) is 102 Å². The van der Waals surface area contributed by atoms with Crippen molar-refractivity contribution in [2.24, 2.45) is 17.8 Å². The molecule has 0 unspecified atom stereocenters. The van der Waals surface area contributed by atoms with Crippen molar-refractivity contribution in [1.82, 2.24) is 0 Å². The Bertz CT molecular complexity index is 924. The Labute approximate surface area is 242 Å². The largest absolute Gasteiger partial charge is 0.481 e. The van der Waals surface area contributed by atoms with Gasteiger partial charge in [-0.3, -0.25) is 9.59 Å². The highest BCUT2D eigenvalue weighted by Crippen LogP contribution is 2.21. The molecule has 232 valence electrons. The third kappa shape index (κ3) is 14.7. The Kier molecular flexibility index (Phi) is 17.3. The monoisotopic (exact) mass is 580 g/mol. The van der Waals surface area contributed by atoms with Crippen molar-refractivity contribution in [2.75, 3.05) is 0 Å². The Morgan fingerprint density at radius 3 is 1.76 bits per heavy atom. The zero-order valence-corrected chi connectivity index (χ0v) is 24.1. The average molecular weight is 581 g/mol. The van der Waals surface area contributed by atoms with Gasteiger partial charge in [-0.1, -0.05) is 67.7 Å². The second-order valence-corrected chi connectivity index (χ2v) is 10.8. The first kappa shape index (κ1) is 36.4. The van der Waals surface area contributed by atoms with Crippen LogP contribution in [0.25, 0.3) is 0 Å². The zero-order chi connectivity index (χ0) is 30.9. The van der Waals surface area contributed by atoms with E-state index in [4.69, 9.17) is 4.74 Å². The van der Waals surface area contributed by atoms with Crippen LogP contribution in [0.4, 0.5) is 0 Å². The molecule has 1 aliphatic rings. The average Bonchev–Trinajstić information content (AvgIpc) is 2.87. The van der Waals surface area contributed by atoms with E-state index in [0.29, 0.717) is 6.42 Å². The van der Waals surface area contributed by atoms with Crippen LogP contribution in [-0.2, 0) is 14.3 Å². The predicted octanol–water partition coefficient (Wildman–Crippen LogP) is 2.19. The maximum Gasteiger partial charge on any atom is 0.312 e. The number of rotatable bonds is 1. The molecule has 0 radical (unpaired) electrons. The number of hydrogen-bond donors (Lipinski definition) is 7. The Morgan fingerprint density at radius 1 is 0.707 bits per heavy atom. The lowest BCUT2D eigenvalue weighted by atomic mass is 9.90. The van der Waals surface area contributed by atoms with E-state index in [0.717, 1.165) is 0 Å². The number of carbonyl (C=O) groups is 2. The highest BCUT2D eigenvalue weighted by atomic mass is 16.5. The number of aliphatic carboxylic acids is 1. The predicted molar refractivity (Wildman–Crippen MR) is 154 cm³/mol. The van der Waals surface area contributed by atoms with Gasteiger partial charge in [0.15, 0.2) is 0 Å². The van der Waals surface area contributed by atoms with Gasteiger partial charge in [-0.2, -0.15) is 0 Å². The molecule has 1 rings (SSSR count). The molecule has 10 atom stereocenters. The van der Waals surface area contributed by atoms with Crippen LogP contribution in [0.5, 0.6) is 0 Å². The fraction of sp³-hybridized carbons (Fsp3) is 0.613. The van der Waals surface area contributed by atoms with Crippen LogP contribution in [0.2, 0.25) is 0 Å². The zero-order valence-electron chi connectivity index (χ0n) is 24.1. The second-order valence-electron chi connectivity index (χ2n) is 10.8. The van der Waals surface area contributed by atoms with E-state index >= 15 is 0 Å². The normalized spacial score (nSPS) is 40.2. The standard InChI is InChI=1S/C31H48O10/c1-20-13-10-8-6-4-5-7-9-11-16-26(35)29(30(38)39)28(37)18-24(33)15-12-14-23(32)17-25(34)19-27(36)21(2)31(40)41-22(20)3/h4-11,13,16,20-29,32-37H,12,14-15,17-19H2,1-3H3,(H,38,39)/b5-4+,8-6+,9-7+,13-10+,16-11+/t20-,21+,22+,23-,24+,25-,26+,27-,28+,29-/m0/s1. The van der Waals surface area contributed by atoms with Crippen molar-refractivity contribution in [3.05, 3.63) is 60.8 Å². The maximum atomic E-state index is 12.5. The van der Waals surface area contributed by atoms with Crippen molar-refractivity contribution < 1.29 is 50.1 Å².